The van der Waals surface area contributed by atoms with Gasteiger partial charge >= 0.3 is 0 Å². The number of fused-ring (bicyclic) bond motifs is 1. The van der Waals surface area contributed by atoms with Gasteiger partial charge in [0.15, 0.2) is 9.84 Å². The Morgan fingerprint density at radius 2 is 1.68 bits per heavy atom. The summed E-state index contributed by atoms with van der Waals surface area (Å²) in [5, 5.41) is 0. The van der Waals surface area contributed by atoms with E-state index in [1.54, 1.807) is 18.2 Å². The first-order valence-electron chi connectivity index (χ1n) is 6.40. The fraction of sp³-hybridized carbons (Fsp3) is 0.143. The second kappa shape index (κ2) is 5.15. The SMILES string of the molecule is O=S1(=O)CC(NS(=O)(=O)c2ccccc2F)c2ccccc21. The molecule has 0 saturated carbocycles. The first-order valence-corrected chi connectivity index (χ1v) is 9.53. The number of hydrogen-bond acceptors (Lipinski definition) is 4. The van der Waals surface area contributed by atoms with Crippen LogP contribution in [0.3, 0.4) is 0 Å². The number of sulfone groups is 1. The van der Waals surface area contributed by atoms with Gasteiger partial charge in [0.05, 0.1) is 16.7 Å². The van der Waals surface area contributed by atoms with Crippen LogP contribution < -0.4 is 4.72 Å². The molecule has 116 valence electrons. The van der Waals surface area contributed by atoms with Gasteiger partial charge in [0.1, 0.15) is 10.7 Å². The van der Waals surface area contributed by atoms with Crippen molar-refractivity contribution in [1.29, 1.82) is 0 Å². The third-order valence-electron chi connectivity index (χ3n) is 3.44. The Bertz CT molecular complexity index is 939. The van der Waals surface area contributed by atoms with Crippen LogP contribution in [0.25, 0.3) is 0 Å². The molecule has 0 fully saturated rings. The van der Waals surface area contributed by atoms with Crippen molar-refractivity contribution in [2.75, 3.05) is 5.75 Å². The van der Waals surface area contributed by atoms with Crippen molar-refractivity contribution < 1.29 is 21.2 Å². The van der Waals surface area contributed by atoms with Crippen molar-refractivity contribution in [2.24, 2.45) is 0 Å². The Labute approximate surface area is 127 Å². The number of nitrogens with one attached hydrogen (secondary N) is 1. The Balaban J connectivity index is 2.00. The maximum Gasteiger partial charge on any atom is 0.244 e. The third-order valence-corrected chi connectivity index (χ3v) is 6.76. The van der Waals surface area contributed by atoms with Crippen molar-refractivity contribution in [3.8, 4) is 0 Å². The molecular weight excluding hydrogens is 329 g/mol. The van der Waals surface area contributed by atoms with Crippen LogP contribution in [0.4, 0.5) is 4.39 Å². The summed E-state index contributed by atoms with van der Waals surface area (Å²) >= 11 is 0. The minimum atomic E-state index is -4.16. The molecule has 0 bridgehead atoms. The fourth-order valence-electron chi connectivity index (χ4n) is 2.46. The van der Waals surface area contributed by atoms with Gasteiger partial charge in [-0.05, 0) is 23.8 Å². The Morgan fingerprint density at radius 1 is 1.05 bits per heavy atom. The molecule has 1 atom stereocenters. The zero-order chi connectivity index (χ0) is 16.0. The van der Waals surface area contributed by atoms with Crippen LogP contribution in [0.1, 0.15) is 11.6 Å². The number of rotatable bonds is 3. The standard InChI is InChI=1S/C14H12FNO4S2/c15-11-6-2-4-8-14(11)22(19,20)16-12-9-21(17,18)13-7-3-1-5-10(12)13/h1-8,12,16H,9H2. The number of hydrogen-bond donors (Lipinski definition) is 1. The lowest BCUT2D eigenvalue weighted by atomic mass is 10.1. The van der Waals surface area contributed by atoms with E-state index in [2.05, 4.69) is 4.72 Å². The van der Waals surface area contributed by atoms with Gasteiger partial charge in [-0.15, -0.1) is 0 Å². The lowest BCUT2D eigenvalue weighted by molar-refractivity contribution is 0.547. The summed E-state index contributed by atoms with van der Waals surface area (Å²) in [6.45, 7) is 0. The normalized spacial score (nSPS) is 19.8. The molecule has 1 N–H and O–H groups in total. The summed E-state index contributed by atoms with van der Waals surface area (Å²) in [4.78, 5) is -0.395. The van der Waals surface area contributed by atoms with Gasteiger partial charge in [0, 0.05) is 0 Å². The van der Waals surface area contributed by atoms with E-state index in [1.807, 2.05) is 0 Å². The summed E-state index contributed by atoms with van der Waals surface area (Å²) in [6.07, 6.45) is 0. The zero-order valence-electron chi connectivity index (χ0n) is 11.2. The van der Waals surface area contributed by atoms with Gasteiger partial charge in [-0.3, -0.25) is 0 Å². The molecule has 0 amide bonds. The molecule has 8 heteroatoms. The molecule has 0 radical (unpaired) electrons. The first-order chi connectivity index (χ1) is 10.3. The van der Waals surface area contributed by atoms with Crippen molar-refractivity contribution in [3.63, 3.8) is 0 Å². The lowest BCUT2D eigenvalue weighted by Crippen LogP contribution is -2.30. The summed E-state index contributed by atoms with van der Waals surface area (Å²) in [7, 11) is -7.70. The van der Waals surface area contributed by atoms with E-state index in [4.69, 9.17) is 0 Å². The van der Waals surface area contributed by atoms with Crippen LogP contribution in [0.5, 0.6) is 0 Å². The highest BCUT2D eigenvalue weighted by Gasteiger charge is 2.37. The highest BCUT2D eigenvalue weighted by molar-refractivity contribution is 7.92. The van der Waals surface area contributed by atoms with Crippen LogP contribution in [-0.2, 0) is 19.9 Å². The first kappa shape index (κ1) is 15.1. The maximum atomic E-state index is 13.7. The van der Waals surface area contributed by atoms with E-state index in [1.165, 1.54) is 18.2 Å². The number of halogens is 1. The molecule has 0 aromatic heterocycles. The average Bonchev–Trinajstić information content (AvgIpc) is 2.70. The molecule has 2 aromatic rings. The van der Waals surface area contributed by atoms with Crippen molar-refractivity contribution in [1.82, 2.24) is 4.72 Å². The second-order valence-corrected chi connectivity index (χ2v) is 8.61. The smallest absolute Gasteiger partial charge is 0.224 e. The van der Waals surface area contributed by atoms with Crippen LogP contribution >= 0.6 is 0 Å². The molecule has 1 unspecified atom stereocenters. The lowest BCUT2D eigenvalue weighted by Gasteiger charge is -2.13. The Kier molecular flexibility index (Phi) is 3.54. The topological polar surface area (TPSA) is 80.3 Å². The molecule has 3 rings (SSSR count). The predicted molar refractivity (Wildman–Crippen MR) is 78.0 cm³/mol. The fourth-order valence-corrected chi connectivity index (χ4v) is 5.60. The van der Waals surface area contributed by atoms with Crippen LogP contribution in [-0.4, -0.2) is 22.6 Å². The second-order valence-electron chi connectivity index (χ2n) is 4.92. The molecule has 1 aliphatic heterocycles. The molecule has 22 heavy (non-hydrogen) atoms. The minimum absolute atomic E-state index is 0.108. The third kappa shape index (κ3) is 2.53. The molecule has 0 aliphatic carbocycles. The zero-order valence-corrected chi connectivity index (χ0v) is 12.9. The molecular formula is C14H12FNO4S2. The van der Waals surface area contributed by atoms with Gasteiger partial charge < -0.3 is 0 Å². The van der Waals surface area contributed by atoms with Crippen LogP contribution in [0, 0.1) is 5.82 Å². The predicted octanol–water partition coefficient (Wildman–Crippen LogP) is 1.63. The number of benzene rings is 2. The summed E-state index contributed by atoms with van der Waals surface area (Å²) < 4.78 is 64.6. The van der Waals surface area contributed by atoms with Gasteiger partial charge in [-0.25, -0.2) is 25.9 Å². The van der Waals surface area contributed by atoms with E-state index in [9.17, 15) is 21.2 Å². The van der Waals surface area contributed by atoms with Gasteiger partial charge in [0.25, 0.3) is 0 Å². The minimum Gasteiger partial charge on any atom is -0.224 e. The maximum absolute atomic E-state index is 13.7. The average molecular weight is 341 g/mol. The van der Waals surface area contributed by atoms with E-state index in [0.29, 0.717) is 5.56 Å². The summed E-state index contributed by atoms with van der Waals surface area (Å²) in [5.74, 6) is -1.26. The molecule has 2 aromatic carbocycles. The summed E-state index contributed by atoms with van der Waals surface area (Å²) in [6, 6.07) is 10.2. The molecule has 0 saturated heterocycles. The highest BCUT2D eigenvalue weighted by Crippen LogP contribution is 2.34. The highest BCUT2D eigenvalue weighted by atomic mass is 32.2. The van der Waals surface area contributed by atoms with Crippen molar-refractivity contribution in [3.05, 3.63) is 59.9 Å². The molecule has 5 nitrogen and oxygen atoms in total. The quantitative estimate of drug-likeness (QED) is 0.920. The Morgan fingerprint density at radius 3 is 2.41 bits per heavy atom. The Hall–Kier alpha value is -1.77. The van der Waals surface area contributed by atoms with Gasteiger partial charge in [-0.2, -0.15) is 0 Å². The van der Waals surface area contributed by atoms with Gasteiger partial charge in [-0.1, -0.05) is 30.3 Å². The number of sulfonamides is 1. The molecule has 0 spiro atoms. The van der Waals surface area contributed by atoms with E-state index < -0.39 is 36.6 Å². The van der Waals surface area contributed by atoms with Crippen LogP contribution in [0.15, 0.2) is 58.3 Å². The van der Waals surface area contributed by atoms with E-state index in [-0.39, 0.29) is 10.6 Å². The monoisotopic (exact) mass is 341 g/mol. The van der Waals surface area contributed by atoms with Crippen molar-refractivity contribution in [2.45, 2.75) is 15.8 Å². The molecule has 1 heterocycles. The summed E-state index contributed by atoms with van der Waals surface area (Å²) in [5.41, 5.74) is 0.377. The van der Waals surface area contributed by atoms with Crippen LogP contribution in [0.2, 0.25) is 0 Å². The van der Waals surface area contributed by atoms with E-state index >= 15 is 0 Å². The van der Waals surface area contributed by atoms with E-state index in [0.717, 1.165) is 12.1 Å². The largest absolute Gasteiger partial charge is 0.244 e. The van der Waals surface area contributed by atoms with Gasteiger partial charge in [0.2, 0.25) is 10.0 Å². The van der Waals surface area contributed by atoms with Crippen molar-refractivity contribution >= 4 is 19.9 Å². The molecule has 1 aliphatic rings.